The van der Waals surface area contributed by atoms with Crippen molar-refractivity contribution in [1.82, 2.24) is 0 Å². The molecule has 0 amide bonds. The van der Waals surface area contributed by atoms with Gasteiger partial charge in [-0.15, -0.1) is 0 Å². The number of hydrogen-bond acceptors (Lipinski definition) is 1. The zero-order chi connectivity index (χ0) is 12.6. The molecule has 1 N–H and O–H groups in total. The minimum absolute atomic E-state index is 0.792. The Morgan fingerprint density at radius 2 is 1.89 bits per heavy atom. The average Bonchev–Trinajstić information content (AvgIpc) is 3.23. The van der Waals surface area contributed by atoms with Crippen LogP contribution in [0.5, 0.6) is 0 Å². The predicted molar refractivity (Wildman–Crippen MR) is 81.5 cm³/mol. The highest BCUT2D eigenvalue weighted by Gasteiger charge is 2.39. The lowest BCUT2D eigenvalue weighted by molar-refractivity contribution is 1.05. The van der Waals surface area contributed by atoms with E-state index in [2.05, 4.69) is 47.8 Å². The highest BCUT2D eigenvalue weighted by molar-refractivity contribution is 6.16. The van der Waals surface area contributed by atoms with Crippen LogP contribution in [0.3, 0.4) is 0 Å². The zero-order valence-corrected chi connectivity index (χ0v) is 10.9. The van der Waals surface area contributed by atoms with Gasteiger partial charge in [-0.2, -0.15) is 0 Å². The predicted octanol–water partition coefficient (Wildman–Crippen LogP) is 3.65. The molecule has 0 saturated heterocycles. The Labute approximate surface area is 111 Å². The standard InChI is InChI=1S/C18H15N/c1-19-16-7-4-10-2-5-13-15-9-12(15)8-11-3-6-14(16)17(10)18(11)13/h2-8,12,15,19H,9H2,1H3. The van der Waals surface area contributed by atoms with E-state index in [0.29, 0.717) is 0 Å². The van der Waals surface area contributed by atoms with Gasteiger partial charge >= 0.3 is 0 Å². The van der Waals surface area contributed by atoms with Crippen molar-refractivity contribution in [3.63, 3.8) is 0 Å². The summed E-state index contributed by atoms with van der Waals surface area (Å²) in [6.45, 7) is 0. The minimum Gasteiger partial charge on any atom is -0.388 e. The Morgan fingerprint density at radius 1 is 1.00 bits per heavy atom. The molecule has 19 heavy (non-hydrogen) atoms. The molecule has 0 aliphatic heterocycles. The molecule has 3 aromatic carbocycles. The van der Waals surface area contributed by atoms with Gasteiger partial charge in [0, 0.05) is 18.1 Å². The molecular weight excluding hydrogens is 230 g/mol. The first-order valence-corrected chi connectivity index (χ1v) is 7.04. The second-order valence-corrected chi connectivity index (χ2v) is 5.87. The lowest BCUT2D eigenvalue weighted by Gasteiger charge is -2.16. The fourth-order valence-corrected chi connectivity index (χ4v) is 3.86. The zero-order valence-electron chi connectivity index (χ0n) is 10.9. The van der Waals surface area contributed by atoms with Crippen LogP contribution in [0.15, 0.2) is 36.4 Å². The molecule has 1 fully saturated rings. The number of rotatable bonds is 1. The molecule has 1 nitrogen and oxygen atoms in total. The van der Waals surface area contributed by atoms with E-state index in [1.54, 1.807) is 5.56 Å². The molecule has 3 aromatic rings. The van der Waals surface area contributed by atoms with Crippen LogP contribution in [0.4, 0.5) is 5.69 Å². The molecule has 0 radical (unpaired) electrons. The highest BCUT2D eigenvalue weighted by atomic mass is 14.8. The summed E-state index contributed by atoms with van der Waals surface area (Å²) in [5.74, 6) is 1.60. The SMILES string of the molecule is CNc1ccc2ccc3c4c(ccc1c24)=CC1CC31. The van der Waals surface area contributed by atoms with E-state index in [0.717, 1.165) is 11.8 Å². The largest absolute Gasteiger partial charge is 0.388 e. The molecule has 0 heterocycles. The second-order valence-electron chi connectivity index (χ2n) is 5.87. The van der Waals surface area contributed by atoms with E-state index in [-0.39, 0.29) is 0 Å². The van der Waals surface area contributed by atoms with E-state index in [1.807, 2.05) is 7.05 Å². The van der Waals surface area contributed by atoms with Crippen LogP contribution in [0.2, 0.25) is 0 Å². The minimum atomic E-state index is 0.792. The number of nitrogens with one attached hydrogen (secondary N) is 1. The van der Waals surface area contributed by atoms with Crippen LogP contribution in [0, 0.1) is 5.92 Å². The van der Waals surface area contributed by atoms with Gasteiger partial charge in [0.2, 0.25) is 0 Å². The third kappa shape index (κ3) is 1.11. The Morgan fingerprint density at radius 3 is 2.79 bits per heavy atom. The van der Waals surface area contributed by atoms with E-state index in [4.69, 9.17) is 0 Å². The third-order valence-electron chi connectivity index (χ3n) is 4.88. The molecule has 92 valence electrons. The van der Waals surface area contributed by atoms with Crippen LogP contribution >= 0.6 is 0 Å². The van der Waals surface area contributed by atoms with Crippen molar-refractivity contribution in [1.29, 1.82) is 0 Å². The molecule has 1 heteroatoms. The van der Waals surface area contributed by atoms with Crippen LogP contribution in [0.25, 0.3) is 27.6 Å². The van der Waals surface area contributed by atoms with Gasteiger partial charge < -0.3 is 5.32 Å². The molecule has 1 saturated carbocycles. The summed E-state index contributed by atoms with van der Waals surface area (Å²) in [6.07, 6.45) is 3.83. The van der Waals surface area contributed by atoms with Crippen molar-refractivity contribution in [2.45, 2.75) is 12.3 Å². The van der Waals surface area contributed by atoms with Crippen molar-refractivity contribution in [2.75, 3.05) is 12.4 Å². The molecule has 0 spiro atoms. The number of hydrogen-bond donors (Lipinski definition) is 1. The summed E-state index contributed by atoms with van der Waals surface area (Å²) in [4.78, 5) is 0. The Bertz CT molecular complexity index is 891. The van der Waals surface area contributed by atoms with Gasteiger partial charge in [-0.25, -0.2) is 0 Å². The molecule has 2 unspecified atom stereocenters. The summed E-state index contributed by atoms with van der Waals surface area (Å²) in [7, 11) is 2.00. The van der Waals surface area contributed by atoms with Crippen molar-refractivity contribution in [3.05, 3.63) is 47.2 Å². The third-order valence-corrected chi connectivity index (χ3v) is 4.88. The summed E-state index contributed by atoms with van der Waals surface area (Å²) in [6, 6.07) is 13.7. The van der Waals surface area contributed by atoms with Gasteiger partial charge in [-0.05, 0) is 51.3 Å². The summed E-state index contributed by atoms with van der Waals surface area (Å²) in [5, 5.41) is 10.4. The van der Waals surface area contributed by atoms with Gasteiger partial charge in [0.25, 0.3) is 0 Å². The average molecular weight is 245 g/mol. The second kappa shape index (κ2) is 3.11. The molecule has 5 rings (SSSR count). The van der Waals surface area contributed by atoms with Crippen molar-refractivity contribution in [2.24, 2.45) is 5.92 Å². The summed E-state index contributed by atoms with van der Waals surface area (Å²) < 4.78 is 0. The molecular formula is C18H15N. The maximum absolute atomic E-state index is 3.32. The van der Waals surface area contributed by atoms with Crippen LogP contribution in [-0.4, -0.2) is 7.05 Å². The van der Waals surface area contributed by atoms with Crippen molar-refractivity contribution in [3.8, 4) is 0 Å². The van der Waals surface area contributed by atoms with Gasteiger partial charge in [0.1, 0.15) is 0 Å². The van der Waals surface area contributed by atoms with Crippen molar-refractivity contribution >= 4 is 33.3 Å². The fraction of sp³-hybridized carbons (Fsp3) is 0.222. The molecule has 2 atom stereocenters. The van der Waals surface area contributed by atoms with Crippen LogP contribution in [-0.2, 0) is 0 Å². The van der Waals surface area contributed by atoms with Gasteiger partial charge in [-0.1, -0.05) is 36.4 Å². The first-order valence-electron chi connectivity index (χ1n) is 7.04. The molecule has 0 aromatic heterocycles. The topological polar surface area (TPSA) is 12.0 Å². The first kappa shape index (κ1) is 9.85. The molecule has 0 bridgehead atoms. The molecule has 2 aliphatic carbocycles. The Balaban J connectivity index is 2.10. The van der Waals surface area contributed by atoms with Gasteiger partial charge in [-0.3, -0.25) is 0 Å². The maximum atomic E-state index is 3.32. The van der Waals surface area contributed by atoms with Gasteiger partial charge in [0.15, 0.2) is 0 Å². The smallest absolute Gasteiger partial charge is 0.0417 e. The van der Waals surface area contributed by atoms with Crippen LogP contribution in [0.1, 0.15) is 17.9 Å². The van der Waals surface area contributed by atoms with Gasteiger partial charge in [0.05, 0.1) is 0 Å². The first-order chi connectivity index (χ1) is 9.36. The monoisotopic (exact) mass is 245 g/mol. The van der Waals surface area contributed by atoms with E-state index < -0.39 is 0 Å². The van der Waals surface area contributed by atoms with Crippen LogP contribution < -0.4 is 10.5 Å². The van der Waals surface area contributed by atoms with E-state index in [9.17, 15) is 0 Å². The molecule has 2 aliphatic rings. The number of anilines is 1. The number of benzene rings is 3. The Hall–Kier alpha value is -2.02. The maximum Gasteiger partial charge on any atom is 0.0417 e. The summed E-state index contributed by atoms with van der Waals surface area (Å²) in [5.41, 5.74) is 2.81. The normalized spacial score (nSPS) is 23.2. The van der Waals surface area contributed by atoms with Crippen molar-refractivity contribution < 1.29 is 0 Å². The highest BCUT2D eigenvalue weighted by Crippen LogP contribution is 2.52. The van der Waals surface area contributed by atoms with E-state index >= 15 is 0 Å². The number of fused-ring (bicyclic) bond motifs is 2. The fourth-order valence-electron chi connectivity index (χ4n) is 3.86. The lowest BCUT2D eigenvalue weighted by Crippen LogP contribution is -2.09. The Kier molecular flexibility index (Phi) is 1.61. The summed E-state index contributed by atoms with van der Waals surface area (Å²) >= 11 is 0. The van der Waals surface area contributed by atoms with E-state index in [1.165, 1.54) is 38.9 Å². The quantitative estimate of drug-likeness (QED) is 0.690. The lowest BCUT2D eigenvalue weighted by atomic mass is 9.89.